The number of benzene rings is 2. The number of carbonyl (C=O) groups excluding carboxylic acids is 1. The maximum absolute atomic E-state index is 12.4. The molecule has 0 saturated heterocycles. The first-order chi connectivity index (χ1) is 10.8. The topological polar surface area (TPSA) is 84.5 Å². The second-order valence-corrected chi connectivity index (χ2v) is 7.20. The van der Waals surface area contributed by atoms with E-state index >= 15 is 0 Å². The highest BCUT2D eigenvalue weighted by molar-refractivity contribution is 9.10. The van der Waals surface area contributed by atoms with E-state index in [-0.39, 0.29) is 10.8 Å². The first-order valence-corrected chi connectivity index (χ1v) is 8.83. The Labute approximate surface area is 143 Å². The van der Waals surface area contributed by atoms with Crippen molar-refractivity contribution in [3.63, 3.8) is 0 Å². The molecule has 8 heteroatoms. The van der Waals surface area contributed by atoms with Crippen LogP contribution in [0.3, 0.4) is 0 Å². The monoisotopic (exact) mass is 398 g/mol. The molecule has 1 amide bonds. The number of hydrogen-bond donors (Lipinski definition) is 2. The van der Waals surface area contributed by atoms with E-state index in [4.69, 9.17) is 4.74 Å². The number of methoxy groups -OCH3 is 1. The second-order valence-electron chi connectivity index (χ2n) is 4.66. The predicted molar refractivity (Wildman–Crippen MR) is 92.2 cm³/mol. The fourth-order valence-corrected chi connectivity index (χ4v) is 3.33. The molecule has 0 spiro atoms. The van der Waals surface area contributed by atoms with Gasteiger partial charge in [-0.2, -0.15) is 0 Å². The van der Waals surface area contributed by atoms with Crippen LogP contribution in [-0.2, 0) is 14.8 Å². The van der Waals surface area contributed by atoms with Gasteiger partial charge in [-0.25, -0.2) is 8.42 Å². The molecule has 0 aromatic heterocycles. The van der Waals surface area contributed by atoms with Crippen molar-refractivity contribution in [2.45, 2.75) is 11.8 Å². The van der Waals surface area contributed by atoms with E-state index in [1.165, 1.54) is 26.2 Å². The highest BCUT2D eigenvalue weighted by atomic mass is 79.9. The molecule has 2 rings (SSSR count). The van der Waals surface area contributed by atoms with Crippen LogP contribution in [0.2, 0.25) is 0 Å². The molecule has 23 heavy (non-hydrogen) atoms. The van der Waals surface area contributed by atoms with Crippen LogP contribution < -0.4 is 14.8 Å². The van der Waals surface area contributed by atoms with Crippen LogP contribution in [0, 0.1) is 0 Å². The smallest absolute Gasteiger partial charge is 0.262 e. The van der Waals surface area contributed by atoms with Gasteiger partial charge in [0.15, 0.2) is 0 Å². The summed E-state index contributed by atoms with van der Waals surface area (Å²) in [6.45, 7) is 1.40. The zero-order valence-corrected chi connectivity index (χ0v) is 14.9. The average Bonchev–Trinajstić information content (AvgIpc) is 2.48. The van der Waals surface area contributed by atoms with Crippen LogP contribution in [0.5, 0.6) is 5.75 Å². The van der Waals surface area contributed by atoms with Crippen LogP contribution >= 0.6 is 15.9 Å². The molecular weight excluding hydrogens is 384 g/mol. The molecule has 6 nitrogen and oxygen atoms in total. The fraction of sp³-hybridized carbons (Fsp3) is 0.133. The molecule has 0 aliphatic rings. The highest BCUT2D eigenvalue weighted by Gasteiger charge is 2.16. The molecule has 2 aromatic carbocycles. The Morgan fingerprint density at radius 3 is 2.26 bits per heavy atom. The zero-order valence-electron chi connectivity index (χ0n) is 12.5. The normalized spacial score (nSPS) is 10.9. The number of halogens is 1. The van der Waals surface area contributed by atoms with Gasteiger partial charge in [0, 0.05) is 24.4 Å². The molecule has 0 atom stereocenters. The van der Waals surface area contributed by atoms with Gasteiger partial charge in [0.05, 0.1) is 16.5 Å². The van der Waals surface area contributed by atoms with E-state index in [0.29, 0.717) is 21.6 Å². The van der Waals surface area contributed by atoms with Crippen molar-refractivity contribution in [1.82, 2.24) is 0 Å². The number of sulfonamides is 1. The van der Waals surface area contributed by atoms with Crippen LogP contribution in [-0.4, -0.2) is 21.4 Å². The van der Waals surface area contributed by atoms with Gasteiger partial charge in [-0.1, -0.05) is 0 Å². The van der Waals surface area contributed by atoms with Gasteiger partial charge in [-0.05, 0) is 52.3 Å². The quantitative estimate of drug-likeness (QED) is 0.809. The average molecular weight is 399 g/mol. The Kier molecular flexibility index (Phi) is 5.27. The van der Waals surface area contributed by atoms with Crippen molar-refractivity contribution >= 4 is 43.2 Å². The van der Waals surface area contributed by atoms with E-state index in [1.54, 1.807) is 30.3 Å². The third-order valence-electron chi connectivity index (χ3n) is 2.89. The van der Waals surface area contributed by atoms with Gasteiger partial charge in [0.1, 0.15) is 5.75 Å². The molecule has 2 aromatic rings. The van der Waals surface area contributed by atoms with Crippen LogP contribution in [0.1, 0.15) is 6.92 Å². The Balaban J connectivity index is 2.22. The third kappa shape index (κ3) is 4.46. The lowest BCUT2D eigenvalue weighted by molar-refractivity contribution is -0.114. The van der Waals surface area contributed by atoms with Gasteiger partial charge in [-0.3, -0.25) is 9.52 Å². The first kappa shape index (κ1) is 17.3. The largest absolute Gasteiger partial charge is 0.496 e. The van der Waals surface area contributed by atoms with Gasteiger partial charge < -0.3 is 10.1 Å². The van der Waals surface area contributed by atoms with Crippen molar-refractivity contribution in [2.75, 3.05) is 17.1 Å². The van der Waals surface area contributed by atoms with E-state index in [0.717, 1.165) is 0 Å². The van der Waals surface area contributed by atoms with E-state index in [2.05, 4.69) is 26.0 Å². The summed E-state index contributed by atoms with van der Waals surface area (Å²) in [6.07, 6.45) is 0. The molecule has 0 radical (unpaired) electrons. The summed E-state index contributed by atoms with van der Waals surface area (Å²) in [5.41, 5.74) is 0.978. The Bertz CT molecular complexity index is 820. The van der Waals surface area contributed by atoms with Crippen molar-refractivity contribution in [3.05, 3.63) is 46.9 Å². The van der Waals surface area contributed by atoms with Crippen LogP contribution in [0.25, 0.3) is 0 Å². The van der Waals surface area contributed by atoms with Gasteiger partial charge in [0.2, 0.25) is 5.91 Å². The van der Waals surface area contributed by atoms with Crippen molar-refractivity contribution in [2.24, 2.45) is 0 Å². The molecule has 0 aliphatic carbocycles. The molecule has 0 bridgehead atoms. The third-order valence-corrected chi connectivity index (χ3v) is 4.92. The summed E-state index contributed by atoms with van der Waals surface area (Å²) in [6, 6.07) is 10.9. The van der Waals surface area contributed by atoms with Gasteiger partial charge in [-0.15, -0.1) is 0 Å². The molecule has 0 fully saturated rings. The maximum atomic E-state index is 12.4. The maximum Gasteiger partial charge on any atom is 0.262 e. The lowest BCUT2D eigenvalue weighted by Crippen LogP contribution is -2.13. The van der Waals surface area contributed by atoms with E-state index < -0.39 is 10.0 Å². The lowest BCUT2D eigenvalue weighted by Gasteiger charge is -2.11. The molecular formula is C15H15BrN2O4S. The second kappa shape index (κ2) is 7.01. The summed E-state index contributed by atoms with van der Waals surface area (Å²) in [5, 5.41) is 2.61. The first-order valence-electron chi connectivity index (χ1n) is 6.56. The Hall–Kier alpha value is -2.06. The van der Waals surface area contributed by atoms with Crippen LogP contribution in [0.4, 0.5) is 11.4 Å². The van der Waals surface area contributed by atoms with Crippen molar-refractivity contribution < 1.29 is 17.9 Å². The summed E-state index contributed by atoms with van der Waals surface area (Å²) in [7, 11) is -2.27. The number of hydrogen-bond acceptors (Lipinski definition) is 4. The summed E-state index contributed by atoms with van der Waals surface area (Å²) in [4.78, 5) is 11.0. The van der Waals surface area contributed by atoms with Gasteiger partial charge in [0.25, 0.3) is 10.0 Å². The fourth-order valence-electron chi connectivity index (χ4n) is 1.85. The Morgan fingerprint density at radius 2 is 1.70 bits per heavy atom. The standard InChI is InChI=1S/C15H15BrN2O4S/c1-10(19)17-11-3-5-12(6-4-11)18-23(20,21)13-7-8-14(16)15(9-13)22-2/h3-9,18H,1-2H3,(H,17,19). The molecule has 0 saturated carbocycles. The minimum absolute atomic E-state index is 0.0866. The number of rotatable bonds is 5. The number of anilines is 2. The summed E-state index contributed by atoms with van der Waals surface area (Å²) in [5.74, 6) is 0.231. The number of carbonyl (C=O) groups is 1. The van der Waals surface area contributed by atoms with E-state index in [9.17, 15) is 13.2 Å². The summed E-state index contributed by atoms with van der Waals surface area (Å²) >= 11 is 3.28. The molecule has 0 unspecified atom stereocenters. The van der Waals surface area contributed by atoms with E-state index in [1.807, 2.05) is 0 Å². The lowest BCUT2D eigenvalue weighted by atomic mass is 10.3. The van der Waals surface area contributed by atoms with Crippen LogP contribution in [0.15, 0.2) is 51.8 Å². The number of nitrogens with one attached hydrogen (secondary N) is 2. The minimum Gasteiger partial charge on any atom is -0.496 e. The highest BCUT2D eigenvalue weighted by Crippen LogP contribution is 2.28. The summed E-state index contributed by atoms with van der Waals surface area (Å²) < 4.78 is 33.0. The molecule has 0 aliphatic heterocycles. The van der Waals surface area contributed by atoms with Gasteiger partial charge >= 0.3 is 0 Å². The van der Waals surface area contributed by atoms with Crippen molar-refractivity contribution in [3.8, 4) is 5.75 Å². The number of ether oxygens (including phenoxy) is 1. The molecule has 2 N–H and O–H groups in total. The molecule has 122 valence electrons. The Morgan fingerprint density at radius 1 is 1.09 bits per heavy atom. The number of amides is 1. The zero-order chi connectivity index (χ0) is 17.0. The van der Waals surface area contributed by atoms with Crippen molar-refractivity contribution in [1.29, 1.82) is 0 Å². The molecule has 0 heterocycles. The SMILES string of the molecule is COc1cc(S(=O)(=O)Nc2ccc(NC(C)=O)cc2)ccc1Br. The minimum atomic E-state index is -3.74. The predicted octanol–water partition coefficient (Wildman–Crippen LogP) is 3.22.